The summed E-state index contributed by atoms with van der Waals surface area (Å²) in [5.41, 5.74) is 1.77. The molecule has 6 heteroatoms. The maximum Gasteiger partial charge on any atom is 0.242 e. The topological polar surface area (TPSA) is 58.6 Å². The van der Waals surface area contributed by atoms with Crippen LogP contribution in [0.1, 0.15) is 43.7 Å². The third kappa shape index (κ3) is 5.99. The first-order valence-electron chi connectivity index (χ1n) is 10.4. The second-order valence-electron chi connectivity index (χ2n) is 7.84. The minimum atomic E-state index is -0.570. The van der Waals surface area contributed by atoms with Crippen LogP contribution in [0.3, 0.4) is 0 Å². The molecule has 2 aromatic rings. The third-order valence-electron chi connectivity index (χ3n) is 5.63. The van der Waals surface area contributed by atoms with Crippen molar-refractivity contribution in [2.75, 3.05) is 7.11 Å². The van der Waals surface area contributed by atoms with Crippen LogP contribution in [-0.2, 0) is 22.6 Å². The highest BCUT2D eigenvalue weighted by atomic mass is 35.5. The molecule has 0 unspecified atom stereocenters. The zero-order chi connectivity index (χ0) is 21.5. The molecule has 0 aromatic heterocycles. The Kier molecular flexibility index (Phi) is 7.75. The van der Waals surface area contributed by atoms with Gasteiger partial charge in [-0.2, -0.15) is 0 Å². The van der Waals surface area contributed by atoms with Gasteiger partial charge in [-0.3, -0.25) is 9.59 Å². The van der Waals surface area contributed by atoms with Crippen molar-refractivity contribution in [3.63, 3.8) is 0 Å². The summed E-state index contributed by atoms with van der Waals surface area (Å²) in [5, 5.41) is 3.71. The Balaban J connectivity index is 1.76. The van der Waals surface area contributed by atoms with Crippen LogP contribution >= 0.6 is 11.6 Å². The maximum atomic E-state index is 13.2. The molecule has 1 atom stereocenters. The normalized spacial score (nSPS) is 14.9. The van der Waals surface area contributed by atoms with Gasteiger partial charge in [0.05, 0.1) is 13.5 Å². The van der Waals surface area contributed by atoms with E-state index >= 15 is 0 Å². The van der Waals surface area contributed by atoms with E-state index in [2.05, 4.69) is 5.32 Å². The van der Waals surface area contributed by atoms with Gasteiger partial charge in [-0.05, 0) is 55.2 Å². The summed E-state index contributed by atoms with van der Waals surface area (Å²) >= 11 is 6.07. The van der Waals surface area contributed by atoms with Crippen LogP contribution in [0.25, 0.3) is 0 Å². The van der Waals surface area contributed by atoms with Crippen molar-refractivity contribution < 1.29 is 14.3 Å². The zero-order valence-electron chi connectivity index (χ0n) is 17.6. The van der Waals surface area contributed by atoms with Crippen LogP contribution in [-0.4, -0.2) is 35.9 Å². The second kappa shape index (κ2) is 10.5. The summed E-state index contributed by atoms with van der Waals surface area (Å²) in [6.45, 7) is 2.15. The minimum Gasteiger partial charge on any atom is -0.497 e. The van der Waals surface area contributed by atoms with Crippen LogP contribution in [0.15, 0.2) is 48.5 Å². The molecule has 0 radical (unpaired) electrons. The fraction of sp³-hybridized carbons (Fsp3) is 0.417. The Hall–Kier alpha value is -2.53. The third-order valence-corrected chi connectivity index (χ3v) is 5.86. The first kappa shape index (κ1) is 22.2. The predicted molar refractivity (Wildman–Crippen MR) is 119 cm³/mol. The SMILES string of the molecule is COc1ccc(CN(C(=O)Cc2cccc(Cl)c2)[C@H](C)C(=O)NC2CCCC2)cc1. The Morgan fingerprint density at radius 2 is 1.83 bits per heavy atom. The molecule has 0 spiro atoms. The molecule has 1 saturated carbocycles. The Labute approximate surface area is 183 Å². The Morgan fingerprint density at radius 1 is 1.13 bits per heavy atom. The summed E-state index contributed by atoms with van der Waals surface area (Å²) in [5.74, 6) is 0.541. The molecule has 0 saturated heterocycles. The number of halogens is 1. The molecule has 1 aliphatic carbocycles. The molecular weight excluding hydrogens is 400 g/mol. The van der Waals surface area contributed by atoms with E-state index in [9.17, 15) is 9.59 Å². The molecule has 0 bridgehead atoms. The lowest BCUT2D eigenvalue weighted by molar-refractivity contribution is -0.140. The van der Waals surface area contributed by atoms with Gasteiger partial charge in [-0.1, -0.05) is 48.7 Å². The average Bonchev–Trinajstić information content (AvgIpc) is 3.25. The lowest BCUT2D eigenvalue weighted by atomic mass is 10.1. The van der Waals surface area contributed by atoms with E-state index in [1.54, 1.807) is 31.1 Å². The molecule has 160 valence electrons. The molecule has 3 rings (SSSR count). The van der Waals surface area contributed by atoms with E-state index in [4.69, 9.17) is 16.3 Å². The number of carbonyl (C=O) groups is 2. The van der Waals surface area contributed by atoms with Crippen molar-refractivity contribution in [2.24, 2.45) is 0 Å². The fourth-order valence-corrected chi connectivity index (χ4v) is 4.04. The molecule has 30 heavy (non-hydrogen) atoms. The van der Waals surface area contributed by atoms with Gasteiger partial charge >= 0.3 is 0 Å². The second-order valence-corrected chi connectivity index (χ2v) is 8.28. The number of ether oxygens (including phenoxy) is 1. The highest BCUT2D eigenvalue weighted by Gasteiger charge is 2.28. The van der Waals surface area contributed by atoms with Crippen LogP contribution < -0.4 is 10.1 Å². The molecule has 0 heterocycles. The lowest BCUT2D eigenvalue weighted by Gasteiger charge is -2.30. The van der Waals surface area contributed by atoms with E-state index in [0.29, 0.717) is 11.6 Å². The number of rotatable bonds is 8. The van der Waals surface area contributed by atoms with Crippen molar-refractivity contribution in [1.82, 2.24) is 10.2 Å². The monoisotopic (exact) mass is 428 g/mol. The molecule has 5 nitrogen and oxygen atoms in total. The number of nitrogens with one attached hydrogen (secondary N) is 1. The van der Waals surface area contributed by atoms with Gasteiger partial charge in [0, 0.05) is 17.6 Å². The van der Waals surface area contributed by atoms with Gasteiger partial charge in [0.1, 0.15) is 11.8 Å². The standard InChI is InChI=1S/C24H29ClN2O3/c1-17(24(29)26-21-8-3-4-9-21)27(16-18-10-12-22(30-2)13-11-18)23(28)15-19-6-5-7-20(25)14-19/h5-7,10-14,17,21H,3-4,8-9,15-16H2,1-2H3,(H,26,29)/t17-/m1/s1. The van der Waals surface area contributed by atoms with Crippen LogP contribution in [0.4, 0.5) is 0 Å². The van der Waals surface area contributed by atoms with Crippen molar-refractivity contribution in [3.05, 3.63) is 64.7 Å². The fourth-order valence-electron chi connectivity index (χ4n) is 3.83. The van der Waals surface area contributed by atoms with Gasteiger partial charge in [0.25, 0.3) is 0 Å². The molecule has 1 fully saturated rings. The summed E-state index contributed by atoms with van der Waals surface area (Å²) in [6.07, 6.45) is 4.49. The largest absolute Gasteiger partial charge is 0.497 e. The van der Waals surface area contributed by atoms with E-state index < -0.39 is 6.04 Å². The number of amides is 2. The highest BCUT2D eigenvalue weighted by molar-refractivity contribution is 6.30. The number of nitrogens with zero attached hydrogens (tertiary/aromatic N) is 1. The van der Waals surface area contributed by atoms with Gasteiger partial charge in [0.15, 0.2) is 0 Å². The summed E-state index contributed by atoms with van der Waals surface area (Å²) < 4.78 is 5.21. The first-order chi connectivity index (χ1) is 14.5. The summed E-state index contributed by atoms with van der Waals surface area (Å²) in [6, 6.07) is 14.5. The van der Waals surface area contributed by atoms with Crippen LogP contribution in [0.5, 0.6) is 5.75 Å². The van der Waals surface area contributed by atoms with Gasteiger partial charge in [-0.25, -0.2) is 0 Å². The number of benzene rings is 2. The van der Waals surface area contributed by atoms with Gasteiger partial charge < -0.3 is 15.0 Å². The quantitative estimate of drug-likeness (QED) is 0.679. The number of hydrogen-bond donors (Lipinski definition) is 1. The first-order valence-corrected chi connectivity index (χ1v) is 10.8. The van der Waals surface area contributed by atoms with Crippen molar-refractivity contribution in [1.29, 1.82) is 0 Å². The Bertz CT molecular complexity index is 863. The molecule has 2 amide bonds. The summed E-state index contributed by atoms with van der Waals surface area (Å²) in [4.78, 5) is 27.8. The number of hydrogen-bond acceptors (Lipinski definition) is 3. The number of methoxy groups -OCH3 is 1. The highest BCUT2D eigenvalue weighted by Crippen LogP contribution is 2.20. The minimum absolute atomic E-state index is 0.102. The van der Waals surface area contributed by atoms with Crippen molar-refractivity contribution >= 4 is 23.4 Å². The van der Waals surface area contributed by atoms with E-state index in [-0.39, 0.29) is 24.3 Å². The van der Waals surface area contributed by atoms with E-state index in [0.717, 1.165) is 42.6 Å². The number of carbonyl (C=O) groups excluding carboxylic acids is 2. The lowest BCUT2D eigenvalue weighted by Crippen LogP contribution is -2.50. The Morgan fingerprint density at radius 3 is 2.47 bits per heavy atom. The molecule has 2 aromatic carbocycles. The molecular formula is C24H29ClN2O3. The molecule has 0 aliphatic heterocycles. The smallest absolute Gasteiger partial charge is 0.242 e. The van der Waals surface area contributed by atoms with Crippen LogP contribution in [0.2, 0.25) is 5.02 Å². The van der Waals surface area contributed by atoms with Crippen molar-refractivity contribution in [3.8, 4) is 5.75 Å². The van der Waals surface area contributed by atoms with E-state index in [1.807, 2.05) is 36.4 Å². The van der Waals surface area contributed by atoms with E-state index in [1.165, 1.54) is 0 Å². The van der Waals surface area contributed by atoms with Crippen LogP contribution in [0, 0.1) is 0 Å². The maximum absolute atomic E-state index is 13.2. The predicted octanol–water partition coefficient (Wildman–Crippen LogP) is 4.37. The average molecular weight is 429 g/mol. The molecule has 1 aliphatic rings. The summed E-state index contributed by atoms with van der Waals surface area (Å²) in [7, 11) is 1.62. The zero-order valence-corrected chi connectivity index (χ0v) is 18.3. The van der Waals surface area contributed by atoms with Gasteiger partial charge in [0.2, 0.25) is 11.8 Å². The van der Waals surface area contributed by atoms with Gasteiger partial charge in [-0.15, -0.1) is 0 Å². The molecule has 1 N–H and O–H groups in total. The van der Waals surface area contributed by atoms with Crippen molar-refractivity contribution in [2.45, 2.75) is 57.7 Å².